The van der Waals surface area contributed by atoms with Gasteiger partial charge in [0.25, 0.3) is 0 Å². The molecule has 1 aliphatic heterocycles. The second-order valence-corrected chi connectivity index (χ2v) is 6.17. The number of benzene rings is 2. The van der Waals surface area contributed by atoms with Crippen molar-refractivity contribution in [3.63, 3.8) is 0 Å². The summed E-state index contributed by atoms with van der Waals surface area (Å²) < 4.78 is 0. The minimum Gasteiger partial charge on any atom is -0.507 e. The van der Waals surface area contributed by atoms with Crippen molar-refractivity contribution in [1.82, 2.24) is 5.01 Å². The predicted octanol–water partition coefficient (Wildman–Crippen LogP) is 1.44. The van der Waals surface area contributed by atoms with Crippen LogP contribution in [0.2, 0.25) is 0 Å². The third-order valence-electron chi connectivity index (χ3n) is 4.32. The molecule has 1 fully saturated rings. The highest BCUT2D eigenvalue weighted by Crippen LogP contribution is 2.13. The quantitative estimate of drug-likeness (QED) is 0.839. The van der Waals surface area contributed by atoms with Gasteiger partial charge in [-0.3, -0.25) is 5.01 Å². The lowest BCUT2D eigenvalue weighted by atomic mass is 10.1. The van der Waals surface area contributed by atoms with Gasteiger partial charge in [0.05, 0.1) is 32.4 Å². The smallest absolute Gasteiger partial charge is 0.124 e. The zero-order chi connectivity index (χ0) is 16.1. The zero-order valence-electron chi connectivity index (χ0n) is 13.6. The van der Waals surface area contributed by atoms with Crippen molar-refractivity contribution >= 4 is 6.21 Å². The molecule has 0 aliphatic carbocycles. The Kier molecular flexibility index (Phi) is 4.93. The van der Waals surface area contributed by atoms with E-state index < -0.39 is 0 Å². The summed E-state index contributed by atoms with van der Waals surface area (Å²) in [5, 5.41) is 16.3. The van der Waals surface area contributed by atoms with Gasteiger partial charge in [0.2, 0.25) is 0 Å². The molecule has 0 amide bonds. The SMILES string of the molecule is Cc1ccc(C[NH+]2CCN(N=Cc3ccccc3O)CC2)cc1. The number of phenolic OH excluding ortho intramolecular Hbond substituents is 1. The summed E-state index contributed by atoms with van der Waals surface area (Å²) in [6, 6.07) is 16.1. The van der Waals surface area contributed by atoms with E-state index in [2.05, 4.69) is 41.3 Å². The van der Waals surface area contributed by atoms with E-state index in [-0.39, 0.29) is 5.75 Å². The summed E-state index contributed by atoms with van der Waals surface area (Å²) in [6.07, 6.45) is 1.75. The van der Waals surface area contributed by atoms with Crippen LogP contribution in [0.1, 0.15) is 16.7 Å². The molecule has 2 aromatic rings. The molecule has 2 aromatic carbocycles. The van der Waals surface area contributed by atoms with Crippen LogP contribution in [0, 0.1) is 6.92 Å². The average Bonchev–Trinajstić information content (AvgIpc) is 2.58. The minimum absolute atomic E-state index is 0.278. The maximum absolute atomic E-state index is 9.75. The van der Waals surface area contributed by atoms with Gasteiger partial charge < -0.3 is 10.0 Å². The van der Waals surface area contributed by atoms with Crippen molar-refractivity contribution < 1.29 is 10.0 Å². The van der Waals surface area contributed by atoms with Gasteiger partial charge in [0.15, 0.2) is 0 Å². The first-order valence-electron chi connectivity index (χ1n) is 8.17. The van der Waals surface area contributed by atoms with Gasteiger partial charge >= 0.3 is 0 Å². The standard InChI is InChI=1S/C19H23N3O/c1-16-6-8-17(9-7-16)15-21-10-12-22(13-11-21)20-14-18-4-2-3-5-19(18)23/h2-9,14,23H,10-13,15H2,1H3/p+1. The van der Waals surface area contributed by atoms with Crippen LogP contribution in [-0.4, -0.2) is 42.5 Å². The lowest BCUT2D eigenvalue weighted by Crippen LogP contribution is -3.13. The molecule has 1 aliphatic rings. The van der Waals surface area contributed by atoms with Crippen LogP contribution >= 0.6 is 0 Å². The number of rotatable bonds is 4. The molecule has 1 heterocycles. The van der Waals surface area contributed by atoms with Crippen molar-refractivity contribution in [2.45, 2.75) is 13.5 Å². The molecule has 0 bridgehead atoms. The summed E-state index contributed by atoms with van der Waals surface area (Å²) in [4.78, 5) is 1.60. The Balaban J connectivity index is 1.50. The molecule has 2 N–H and O–H groups in total. The number of aryl methyl sites for hydroxylation is 1. The highest BCUT2D eigenvalue weighted by Gasteiger charge is 2.18. The Morgan fingerprint density at radius 3 is 2.48 bits per heavy atom. The van der Waals surface area contributed by atoms with E-state index in [1.165, 1.54) is 11.1 Å². The number of nitrogens with zero attached hydrogens (tertiary/aromatic N) is 2. The van der Waals surface area contributed by atoms with Gasteiger partial charge in [0, 0.05) is 11.1 Å². The number of quaternary nitrogens is 1. The molecule has 0 unspecified atom stereocenters. The highest BCUT2D eigenvalue weighted by atomic mass is 16.3. The number of nitrogens with one attached hydrogen (secondary N) is 1. The van der Waals surface area contributed by atoms with Gasteiger partial charge in [-0.2, -0.15) is 5.10 Å². The lowest BCUT2D eigenvalue weighted by molar-refractivity contribution is -0.918. The molecule has 23 heavy (non-hydrogen) atoms. The summed E-state index contributed by atoms with van der Waals surface area (Å²) in [6.45, 7) is 7.28. The Bertz CT molecular complexity index is 659. The van der Waals surface area contributed by atoms with Gasteiger partial charge in [-0.25, -0.2) is 0 Å². The Morgan fingerprint density at radius 1 is 1.09 bits per heavy atom. The maximum Gasteiger partial charge on any atom is 0.124 e. The Hall–Kier alpha value is -2.33. The van der Waals surface area contributed by atoms with Gasteiger partial charge in [-0.05, 0) is 19.1 Å². The molecule has 120 valence electrons. The molecule has 4 nitrogen and oxygen atoms in total. The lowest BCUT2D eigenvalue weighted by Gasteiger charge is -2.30. The number of hydrogen-bond donors (Lipinski definition) is 2. The Morgan fingerprint density at radius 2 is 1.78 bits per heavy atom. The van der Waals surface area contributed by atoms with E-state index in [0.717, 1.165) is 38.3 Å². The minimum atomic E-state index is 0.278. The molecule has 0 radical (unpaired) electrons. The number of para-hydroxylation sites is 1. The monoisotopic (exact) mass is 310 g/mol. The normalized spacial score (nSPS) is 16.1. The fourth-order valence-electron chi connectivity index (χ4n) is 2.84. The number of phenols is 1. The fourth-order valence-corrected chi connectivity index (χ4v) is 2.84. The molecule has 0 atom stereocenters. The van der Waals surface area contributed by atoms with Crippen molar-refractivity contribution in [2.75, 3.05) is 26.2 Å². The van der Waals surface area contributed by atoms with Crippen LogP contribution in [-0.2, 0) is 6.54 Å². The van der Waals surface area contributed by atoms with E-state index in [0.29, 0.717) is 0 Å². The van der Waals surface area contributed by atoms with Crippen LogP contribution in [0.5, 0.6) is 5.75 Å². The van der Waals surface area contributed by atoms with Crippen LogP contribution in [0.15, 0.2) is 53.6 Å². The first-order chi connectivity index (χ1) is 11.2. The van der Waals surface area contributed by atoms with E-state index in [1.807, 2.05) is 18.2 Å². The molecular formula is C19H24N3O+. The van der Waals surface area contributed by atoms with Crippen molar-refractivity contribution in [3.8, 4) is 5.75 Å². The van der Waals surface area contributed by atoms with Gasteiger partial charge in [0.1, 0.15) is 12.3 Å². The van der Waals surface area contributed by atoms with Crippen LogP contribution in [0.4, 0.5) is 0 Å². The molecule has 3 rings (SSSR count). The topological polar surface area (TPSA) is 40.3 Å². The third-order valence-corrected chi connectivity index (χ3v) is 4.32. The molecule has 0 spiro atoms. The van der Waals surface area contributed by atoms with Crippen LogP contribution in [0.25, 0.3) is 0 Å². The van der Waals surface area contributed by atoms with E-state index in [4.69, 9.17) is 0 Å². The number of aromatic hydroxyl groups is 1. The number of hydrazone groups is 1. The highest BCUT2D eigenvalue weighted by molar-refractivity contribution is 5.82. The van der Waals surface area contributed by atoms with E-state index in [9.17, 15) is 5.11 Å². The molecule has 4 heteroatoms. The van der Waals surface area contributed by atoms with Crippen molar-refractivity contribution in [3.05, 3.63) is 65.2 Å². The second kappa shape index (κ2) is 7.29. The van der Waals surface area contributed by atoms with Crippen molar-refractivity contribution in [1.29, 1.82) is 0 Å². The van der Waals surface area contributed by atoms with Gasteiger partial charge in [-0.15, -0.1) is 0 Å². The maximum atomic E-state index is 9.75. The summed E-state index contributed by atoms with van der Waals surface area (Å²) in [5.41, 5.74) is 3.48. The van der Waals surface area contributed by atoms with Gasteiger partial charge in [-0.1, -0.05) is 42.0 Å². The second-order valence-electron chi connectivity index (χ2n) is 6.17. The first-order valence-corrected chi connectivity index (χ1v) is 8.17. The fraction of sp³-hybridized carbons (Fsp3) is 0.316. The van der Waals surface area contributed by atoms with Crippen LogP contribution in [0.3, 0.4) is 0 Å². The zero-order valence-corrected chi connectivity index (χ0v) is 13.6. The average molecular weight is 310 g/mol. The molecule has 0 saturated carbocycles. The summed E-state index contributed by atoms with van der Waals surface area (Å²) >= 11 is 0. The molecule has 1 saturated heterocycles. The first kappa shape index (κ1) is 15.6. The molecule has 0 aromatic heterocycles. The van der Waals surface area contributed by atoms with Crippen molar-refractivity contribution in [2.24, 2.45) is 5.10 Å². The summed E-state index contributed by atoms with van der Waals surface area (Å²) in [5.74, 6) is 0.278. The van der Waals surface area contributed by atoms with E-state index in [1.54, 1.807) is 17.2 Å². The van der Waals surface area contributed by atoms with Crippen LogP contribution < -0.4 is 4.90 Å². The largest absolute Gasteiger partial charge is 0.507 e. The summed E-state index contributed by atoms with van der Waals surface area (Å²) in [7, 11) is 0. The number of piperazine rings is 1. The molecular weight excluding hydrogens is 286 g/mol. The Labute approximate surface area is 137 Å². The van der Waals surface area contributed by atoms with E-state index >= 15 is 0 Å². The predicted molar refractivity (Wildman–Crippen MR) is 92.9 cm³/mol. The third kappa shape index (κ3) is 4.33. The number of hydrogen-bond acceptors (Lipinski definition) is 3.